The fraction of sp³-hybridized carbons (Fsp3) is 0.545. The van der Waals surface area contributed by atoms with Crippen molar-refractivity contribution in [1.82, 2.24) is 0 Å². The fourth-order valence-electron chi connectivity index (χ4n) is 2.08. The molecule has 0 aromatic heterocycles. The lowest BCUT2D eigenvalue weighted by molar-refractivity contribution is 0.761. The minimum atomic E-state index is 1.17. The number of nitrogens with zero attached hydrogens (tertiary/aromatic N) is 1. The van der Waals surface area contributed by atoms with Gasteiger partial charge in [0.1, 0.15) is 0 Å². The van der Waals surface area contributed by atoms with E-state index in [4.69, 9.17) is 0 Å². The second-order valence-corrected chi connectivity index (χ2v) is 3.50. The topological polar surface area (TPSA) is 12.4 Å². The summed E-state index contributed by atoms with van der Waals surface area (Å²) >= 11 is 0. The maximum Gasteiger partial charge on any atom is 0.0416 e. The van der Waals surface area contributed by atoms with E-state index in [0.29, 0.717) is 0 Å². The zero-order valence-electron chi connectivity index (χ0n) is 7.64. The van der Waals surface area contributed by atoms with Crippen molar-refractivity contribution in [3.05, 3.63) is 23.3 Å². The van der Waals surface area contributed by atoms with Crippen LogP contribution in [-0.2, 0) is 0 Å². The molecule has 0 fully saturated rings. The lowest BCUT2D eigenvalue weighted by atomic mass is 10.1. The zero-order chi connectivity index (χ0) is 8.39. The van der Waals surface area contributed by atoms with Crippen molar-refractivity contribution >= 4 is 5.71 Å². The Morgan fingerprint density at radius 3 is 2.92 bits per heavy atom. The van der Waals surface area contributed by atoms with Crippen LogP contribution in [0.2, 0.25) is 0 Å². The Hall–Kier alpha value is -0.850. The highest BCUT2D eigenvalue weighted by Crippen LogP contribution is 2.29. The summed E-state index contributed by atoms with van der Waals surface area (Å²) in [6.07, 6.45) is 10.8. The van der Waals surface area contributed by atoms with Gasteiger partial charge in [0, 0.05) is 12.8 Å². The maximum atomic E-state index is 4.36. The van der Waals surface area contributed by atoms with Crippen molar-refractivity contribution in [2.45, 2.75) is 32.1 Å². The number of aliphatic imine (C=N–C) groups is 1. The largest absolute Gasteiger partial charge is 0.292 e. The van der Waals surface area contributed by atoms with Crippen LogP contribution in [0.15, 0.2) is 28.3 Å². The minimum Gasteiger partial charge on any atom is -0.292 e. The van der Waals surface area contributed by atoms with E-state index in [-0.39, 0.29) is 0 Å². The number of rotatable bonds is 0. The Bertz CT molecular complexity index is 269. The molecule has 0 heterocycles. The first-order valence-corrected chi connectivity index (χ1v) is 4.76. The molecule has 0 bridgehead atoms. The van der Waals surface area contributed by atoms with Crippen molar-refractivity contribution in [3.8, 4) is 0 Å². The molecule has 2 aliphatic carbocycles. The average molecular weight is 161 g/mol. The van der Waals surface area contributed by atoms with Gasteiger partial charge in [-0.1, -0.05) is 17.7 Å². The molecule has 2 aliphatic rings. The zero-order valence-corrected chi connectivity index (χ0v) is 7.64. The highest BCUT2D eigenvalue weighted by molar-refractivity contribution is 6.04. The molecule has 0 aliphatic heterocycles. The molecule has 0 spiro atoms. The molecule has 64 valence electrons. The van der Waals surface area contributed by atoms with Gasteiger partial charge in [-0.25, -0.2) is 0 Å². The van der Waals surface area contributed by atoms with Gasteiger partial charge in [-0.3, -0.25) is 4.99 Å². The van der Waals surface area contributed by atoms with E-state index < -0.39 is 0 Å². The summed E-state index contributed by atoms with van der Waals surface area (Å²) in [6, 6.07) is 0. The van der Waals surface area contributed by atoms with Crippen LogP contribution >= 0.6 is 0 Å². The third-order valence-corrected chi connectivity index (χ3v) is 2.75. The van der Waals surface area contributed by atoms with Crippen molar-refractivity contribution in [3.63, 3.8) is 0 Å². The summed E-state index contributed by atoms with van der Waals surface area (Å²) in [6.45, 7) is 0. The van der Waals surface area contributed by atoms with E-state index in [9.17, 15) is 0 Å². The van der Waals surface area contributed by atoms with Gasteiger partial charge in [-0.2, -0.15) is 0 Å². The molecule has 0 atom stereocenters. The molecular weight excluding hydrogens is 146 g/mol. The fourth-order valence-corrected chi connectivity index (χ4v) is 2.08. The van der Waals surface area contributed by atoms with E-state index in [1.165, 1.54) is 43.4 Å². The van der Waals surface area contributed by atoms with Gasteiger partial charge in [-0.05, 0) is 37.7 Å². The third kappa shape index (κ3) is 1.24. The van der Waals surface area contributed by atoms with Gasteiger partial charge < -0.3 is 0 Å². The molecule has 0 saturated heterocycles. The SMILES string of the molecule is CN=C1CCCCC2=C1C=CC2. The standard InChI is InChI=1S/C11H15N/c1-12-11-8-3-2-5-9-6-4-7-10(9)11/h4,7H,2-3,5-6,8H2,1H3. The van der Waals surface area contributed by atoms with Crippen LogP contribution in [0.4, 0.5) is 0 Å². The first-order chi connectivity index (χ1) is 5.92. The Labute approximate surface area is 73.9 Å². The van der Waals surface area contributed by atoms with Crippen LogP contribution in [0, 0.1) is 0 Å². The van der Waals surface area contributed by atoms with E-state index in [0.717, 1.165) is 0 Å². The van der Waals surface area contributed by atoms with E-state index in [1.807, 2.05) is 7.05 Å². The Morgan fingerprint density at radius 1 is 1.25 bits per heavy atom. The minimum absolute atomic E-state index is 1.17. The molecular formula is C11H15N. The Kier molecular flexibility index (Phi) is 2.11. The third-order valence-electron chi connectivity index (χ3n) is 2.75. The normalized spacial score (nSPS) is 26.2. The quantitative estimate of drug-likeness (QED) is 0.518. The molecule has 0 aromatic carbocycles. The van der Waals surface area contributed by atoms with E-state index in [2.05, 4.69) is 17.1 Å². The molecule has 1 heteroatoms. The Morgan fingerprint density at radius 2 is 2.08 bits per heavy atom. The van der Waals surface area contributed by atoms with Crippen LogP contribution in [0.3, 0.4) is 0 Å². The van der Waals surface area contributed by atoms with E-state index >= 15 is 0 Å². The first-order valence-electron chi connectivity index (χ1n) is 4.76. The van der Waals surface area contributed by atoms with Gasteiger partial charge in [0.05, 0.1) is 0 Å². The number of hydrogen-bond donors (Lipinski definition) is 0. The highest BCUT2D eigenvalue weighted by atomic mass is 14.7. The van der Waals surface area contributed by atoms with Crippen LogP contribution in [0.25, 0.3) is 0 Å². The predicted molar refractivity (Wildman–Crippen MR) is 52.6 cm³/mol. The summed E-state index contributed by atoms with van der Waals surface area (Å²) < 4.78 is 0. The Balaban J connectivity index is 2.34. The predicted octanol–water partition coefficient (Wildman–Crippen LogP) is 2.89. The molecule has 0 unspecified atom stereocenters. The highest BCUT2D eigenvalue weighted by Gasteiger charge is 2.16. The van der Waals surface area contributed by atoms with Crippen molar-refractivity contribution in [2.75, 3.05) is 7.05 Å². The summed E-state index contributed by atoms with van der Waals surface area (Å²) in [5, 5.41) is 0. The van der Waals surface area contributed by atoms with Gasteiger partial charge in [0.2, 0.25) is 0 Å². The summed E-state index contributed by atoms with van der Waals surface area (Å²) in [5.41, 5.74) is 4.40. The lowest BCUT2D eigenvalue weighted by Gasteiger charge is -2.03. The number of hydrogen-bond acceptors (Lipinski definition) is 1. The van der Waals surface area contributed by atoms with Crippen molar-refractivity contribution in [2.24, 2.45) is 4.99 Å². The van der Waals surface area contributed by atoms with Crippen molar-refractivity contribution in [1.29, 1.82) is 0 Å². The average Bonchev–Trinajstić information content (AvgIpc) is 2.46. The monoisotopic (exact) mass is 161 g/mol. The van der Waals surface area contributed by atoms with Crippen LogP contribution in [0.1, 0.15) is 32.1 Å². The molecule has 2 rings (SSSR count). The van der Waals surface area contributed by atoms with Gasteiger partial charge in [0.15, 0.2) is 0 Å². The first kappa shape index (κ1) is 7.78. The molecule has 0 aromatic rings. The molecule has 0 N–H and O–H groups in total. The van der Waals surface area contributed by atoms with Gasteiger partial charge in [-0.15, -0.1) is 0 Å². The molecule has 0 radical (unpaired) electrons. The molecule has 0 saturated carbocycles. The van der Waals surface area contributed by atoms with Gasteiger partial charge in [0.25, 0.3) is 0 Å². The number of allylic oxidation sites excluding steroid dienone is 4. The molecule has 0 amide bonds. The molecule has 1 nitrogen and oxygen atoms in total. The van der Waals surface area contributed by atoms with Crippen LogP contribution in [-0.4, -0.2) is 12.8 Å². The van der Waals surface area contributed by atoms with Crippen molar-refractivity contribution < 1.29 is 0 Å². The summed E-state index contributed by atoms with van der Waals surface area (Å²) in [7, 11) is 1.91. The summed E-state index contributed by atoms with van der Waals surface area (Å²) in [4.78, 5) is 4.36. The summed E-state index contributed by atoms with van der Waals surface area (Å²) in [5.74, 6) is 0. The van der Waals surface area contributed by atoms with Gasteiger partial charge >= 0.3 is 0 Å². The smallest absolute Gasteiger partial charge is 0.0416 e. The van der Waals surface area contributed by atoms with Crippen LogP contribution < -0.4 is 0 Å². The second-order valence-electron chi connectivity index (χ2n) is 3.50. The second kappa shape index (κ2) is 3.26. The lowest BCUT2D eigenvalue weighted by Crippen LogP contribution is -1.99. The maximum absolute atomic E-state index is 4.36. The molecule has 12 heavy (non-hydrogen) atoms. The van der Waals surface area contributed by atoms with E-state index in [1.54, 1.807) is 5.57 Å². The van der Waals surface area contributed by atoms with Crippen LogP contribution in [0.5, 0.6) is 0 Å².